The van der Waals surface area contributed by atoms with Gasteiger partial charge in [0.05, 0.1) is 39.9 Å². The summed E-state index contributed by atoms with van der Waals surface area (Å²) in [6, 6.07) is 7.23. The minimum absolute atomic E-state index is 0.0203. The highest BCUT2D eigenvalue weighted by Crippen LogP contribution is 2.44. The Hall–Kier alpha value is -2.97. The molecule has 1 N–H and O–H groups in total. The standard InChI is InChI=1S/C27H27F6N3O3S2/c1-4-41(38,39)20-7-5-16(6-8-20)11-22(37)34-25-35-23-21(40-25)14-36(24(23)15(2)3)13-17-9-18(26(28,29)30)12-19(10-17)27(31,32)33/h5-10,12,15,24H,4,11,13-14H2,1-3H3,(H,34,35,37)/t24-/m1/s1. The first-order valence-corrected chi connectivity index (χ1v) is 15.1. The number of nitrogens with one attached hydrogen (secondary N) is 1. The Bertz CT molecular complexity index is 1500. The van der Waals surface area contributed by atoms with Gasteiger partial charge in [-0.1, -0.05) is 32.9 Å². The molecule has 0 saturated heterocycles. The highest BCUT2D eigenvalue weighted by Gasteiger charge is 2.39. The van der Waals surface area contributed by atoms with E-state index in [2.05, 4.69) is 10.3 Å². The van der Waals surface area contributed by atoms with Gasteiger partial charge in [-0.25, -0.2) is 13.4 Å². The van der Waals surface area contributed by atoms with Crippen LogP contribution in [0, 0.1) is 5.92 Å². The number of thiazole rings is 1. The van der Waals surface area contributed by atoms with Crippen LogP contribution in [0.15, 0.2) is 47.4 Å². The number of anilines is 1. The molecule has 222 valence electrons. The number of hydrogen-bond acceptors (Lipinski definition) is 6. The summed E-state index contributed by atoms with van der Waals surface area (Å²) in [5.74, 6) is -0.483. The van der Waals surface area contributed by atoms with Crippen molar-refractivity contribution in [1.82, 2.24) is 9.88 Å². The normalized spacial score (nSPS) is 16.3. The van der Waals surface area contributed by atoms with Gasteiger partial charge in [0.1, 0.15) is 0 Å². The molecular formula is C27H27F6N3O3S2. The molecule has 4 rings (SSSR count). The molecule has 0 unspecified atom stereocenters. The van der Waals surface area contributed by atoms with E-state index in [-0.39, 0.29) is 59.7 Å². The van der Waals surface area contributed by atoms with E-state index in [1.807, 2.05) is 13.8 Å². The van der Waals surface area contributed by atoms with Gasteiger partial charge in [0.25, 0.3) is 0 Å². The summed E-state index contributed by atoms with van der Waals surface area (Å²) < 4.78 is 104. The first kappa shape index (κ1) is 31.0. The largest absolute Gasteiger partial charge is 0.416 e. The lowest BCUT2D eigenvalue weighted by Crippen LogP contribution is -2.26. The SMILES string of the molecule is CCS(=O)(=O)c1ccc(CC(=O)Nc2nc3c(s2)CN(Cc2cc(C(F)(F)F)cc(C(F)(F)F)c2)[C@@H]3C(C)C)cc1. The quantitative estimate of drug-likeness (QED) is 0.279. The van der Waals surface area contributed by atoms with Gasteiger partial charge in [0.2, 0.25) is 5.91 Å². The van der Waals surface area contributed by atoms with Crippen molar-refractivity contribution in [3.63, 3.8) is 0 Å². The summed E-state index contributed by atoms with van der Waals surface area (Å²) >= 11 is 1.20. The van der Waals surface area contributed by atoms with Crippen molar-refractivity contribution < 1.29 is 39.6 Å². The van der Waals surface area contributed by atoms with Gasteiger partial charge >= 0.3 is 12.4 Å². The number of fused-ring (bicyclic) bond motifs is 1. The van der Waals surface area contributed by atoms with E-state index in [4.69, 9.17) is 0 Å². The zero-order valence-corrected chi connectivity index (χ0v) is 23.9. The van der Waals surface area contributed by atoms with Crippen LogP contribution in [0.25, 0.3) is 0 Å². The number of amides is 1. The maximum Gasteiger partial charge on any atom is 0.416 e. The van der Waals surface area contributed by atoms with Crippen molar-refractivity contribution in [2.24, 2.45) is 5.92 Å². The lowest BCUT2D eigenvalue weighted by atomic mass is 10.00. The fourth-order valence-corrected chi connectivity index (χ4v) is 6.71. The number of hydrogen-bond donors (Lipinski definition) is 1. The van der Waals surface area contributed by atoms with Crippen molar-refractivity contribution in [3.05, 3.63) is 75.3 Å². The number of aromatic nitrogens is 1. The molecule has 0 bridgehead atoms. The van der Waals surface area contributed by atoms with Gasteiger partial charge in [-0.2, -0.15) is 26.3 Å². The van der Waals surface area contributed by atoms with Gasteiger partial charge in [-0.05, 0) is 47.4 Å². The van der Waals surface area contributed by atoms with E-state index >= 15 is 0 Å². The average Bonchev–Trinajstić information content (AvgIpc) is 3.39. The summed E-state index contributed by atoms with van der Waals surface area (Å²) in [4.78, 5) is 19.9. The molecule has 3 aromatic rings. The van der Waals surface area contributed by atoms with Crippen molar-refractivity contribution in [2.45, 2.75) is 63.6 Å². The lowest BCUT2D eigenvalue weighted by Gasteiger charge is -2.28. The van der Waals surface area contributed by atoms with Crippen molar-refractivity contribution in [1.29, 1.82) is 0 Å². The zero-order valence-electron chi connectivity index (χ0n) is 22.2. The van der Waals surface area contributed by atoms with E-state index in [9.17, 15) is 39.6 Å². The van der Waals surface area contributed by atoms with Crippen LogP contribution >= 0.6 is 11.3 Å². The molecule has 0 radical (unpaired) electrons. The second-order valence-electron chi connectivity index (χ2n) is 10.1. The second-order valence-corrected chi connectivity index (χ2v) is 13.5. The number of sulfone groups is 1. The van der Waals surface area contributed by atoms with Crippen LogP contribution in [0.4, 0.5) is 31.5 Å². The Labute approximate surface area is 237 Å². The van der Waals surface area contributed by atoms with E-state index in [1.54, 1.807) is 24.0 Å². The van der Waals surface area contributed by atoms with Crippen molar-refractivity contribution >= 4 is 32.2 Å². The monoisotopic (exact) mass is 619 g/mol. The molecule has 14 heteroatoms. The molecule has 1 aliphatic rings. The molecule has 0 fully saturated rings. The smallest absolute Gasteiger partial charge is 0.302 e. The Kier molecular flexibility index (Phi) is 8.59. The first-order valence-electron chi connectivity index (χ1n) is 12.6. The summed E-state index contributed by atoms with van der Waals surface area (Å²) in [7, 11) is -3.36. The predicted molar refractivity (Wildman–Crippen MR) is 142 cm³/mol. The molecule has 2 aromatic carbocycles. The van der Waals surface area contributed by atoms with Crippen LogP contribution in [-0.4, -0.2) is 30.0 Å². The van der Waals surface area contributed by atoms with Gasteiger partial charge in [-0.3, -0.25) is 9.69 Å². The molecule has 0 spiro atoms. The zero-order chi connectivity index (χ0) is 30.3. The van der Waals surface area contributed by atoms with Gasteiger partial charge in [-0.15, -0.1) is 11.3 Å². The lowest BCUT2D eigenvalue weighted by molar-refractivity contribution is -0.143. The molecule has 41 heavy (non-hydrogen) atoms. The van der Waals surface area contributed by atoms with E-state index < -0.39 is 33.3 Å². The summed E-state index contributed by atoms with van der Waals surface area (Å²) in [5, 5.41) is 3.06. The molecule has 2 heterocycles. The second kappa shape index (κ2) is 11.4. The number of rotatable bonds is 8. The molecule has 0 saturated carbocycles. The third kappa shape index (κ3) is 7.09. The summed E-state index contributed by atoms with van der Waals surface area (Å²) in [6.45, 7) is 5.39. The Morgan fingerprint density at radius 1 is 1.02 bits per heavy atom. The Morgan fingerprint density at radius 3 is 2.12 bits per heavy atom. The maximum atomic E-state index is 13.3. The van der Waals surface area contributed by atoms with E-state index in [0.717, 1.165) is 17.0 Å². The minimum atomic E-state index is -4.93. The van der Waals surface area contributed by atoms with Crippen LogP contribution in [0.5, 0.6) is 0 Å². The fourth-order valence-electron chi connectivity index (χ4n) is 4.78. The van der Waals surface area contributed by atoms with Crippen molar-refractivity contribution in [2.75, 3.05) is 11.1 Å². The fraction of sp³-hybridized carbons (Fsp3) is 0.407. The summed E-state index contributed by atoms with van der Waals surface area (Å²) in [5.41, 5.74) is -1.60. The van der Waals surface area contributed by atoms with Crippen molar-refractivity contribution in [3.8, 4) is 0 Å². The number of benzene rings is 2. The topological polar surface area (TPSA) is 79.4 Å². The first-order chi connectivity index (χ1) is 19.0. The Balaban J connectivity index is 1.49. The van der Waals surface area contributed by atoms with Gasteiger partial charge in [0, 0.05) is 18.0 Å². The van der Waals surface area contributed by atoms with E-state index in [0.29, 0.717) is 16.4 Å². The van der Waals surface area contributed by atoms with E-state index in [1.165, 1.54) is 23.5 Å². The molecule has 1 aromatic heterocycles. The molecule has 6 nitrogen and oxygen atoms in total. The highest BCUT2D eigenvalue weighted by atomic mass is 32.2. The minimum Gasteiger partial charge on any atom is -0.302 e. The number of carbonyl (C=O) groups excluding carboxylic acids is 1. The van der Waals surface area contributed by atoms with Crippen LogP contribution in [-0.2, 0) is 46.5 Å². The van der Waals surface area contributed by atoms with Gasteiger partial charge in [0.15, 0.2) is 15.0 Å². The number of halogens is 6. The number of alkyl halides is 6. The van der Waals surface area contributed by atoms with Crippen LogP contribution in [0.1, 0.15) is 59.6 Å². The molecule has 1 atom stereocenters. The van der Waals surface area contributed by atoms with Crippen LogP contribution in [0.2, 0.25) is 0 Å². The molecule has 1 amide bonds. The Morgan fingerprint density at radius 2 is 1.61 bits per heavy atom. The highest BCUT2D eigenvalue weighted by molar-refractivity contribution is 7.91. The summed E-state index contributed by atoms with van der Waals surface area (Å²) in [6.07, 6.45) is -9.88. The van der Waals surface area contributed by atoms with Gasteiger partial charge < -0.3 is 5.32 Å². The maximum absolute atomic E-state index is 13.3. The number of carbonyl (C=O) groups is 1. The average molecular weight is 620 g/mol. The number of nitrogens with zero attached hydrogens (tertiary/aromatic N) is 2. The third-order valence-corrected chi connectivity index (χ3v) is 9.41. The van der Waals surface area contributed by atoms with Crippen LogP contribution in [0.3, 0.4) is 0 Å². The van der Waals surface area contributed by atoms with Crippen LogP contribution < -0.4 is 5.32 Å². The predicted octanol–water partition coefficient (Wildman–Crippen LogP) is 6.87. The molecular weight excluding hydrogens is 592 g/mol. The molecule has 0 aliphatic carbocycles. The third-order valence-electron chi connectivity index (χ3n) is 6.69. The molecule has 1 aliphatic heterocycles.